The molecule has 3 atom stereocenters. The van der Waals surface area contributed by atoms with E-state index in [1.165, 1.54) is 0 Å². The molecule has 10 heteroatoms. The Bertz CT molecular complexity index is 984. The van der Waals surface area contributed by atoms with E-state index in [0.29, 0.717) is 50.2 Å². The number of carbonyl (C=O) groups excluding carboxylic acids is 1. The molecule has 0 bridgehead atoms. The number of piperazine rings is 1. The van der Waals surface area contributed by atoms with E-state index in [4.69, 9.17) is 11.6 Å². The smallest absolute Gasteiger partial charge is 0.231 e. The van der Waals surface area contributed by atoms with Crippen molar-refractivity contribution in [2.24, 2.45) is 0 Å². The number of aliphatic hydroxyl groups excluding tert-OH is 1. The first kappa shape index (κ1) is 29.6. The zero-order valence-corrected chi connectivity index (χ0v) is 23.1. The first-order valence-corrected chi connectivity index (χ1v) is 12.2. The zero-order chi connectivity index (χ0) is 23.7. The van der Waals surface area contributed by atoms with E-state index in [1.54, 1.807) is 6.33 Å². The van der Waals surface area contributed by atoms with Crippen molar-refractivity contribution in [3.8, 4) is 0 Å². The van der Waals surface area contributed by atoms with Crippen LogP contribution >= 0.6 is 36.4 Å². The fourth-order valence-corrected chi connectivity index (χ4v) is 4.96. The number of rotatable bonds is 6. The lowest BCUT2D eigenvalue weighted by atomic mass is 9.96. The summed E-state index contributed by atoms with van der Waals surface area (Å²) >= 11 is 6.10. The van der Waals surface area contributed by atoms with Crippen molar-refractivity contribution in [1.29, 1.82) is 0 Å². The van der Waals surface area contributed by atoms with Gasteiger partial charge in [0.2, 0.25) is 5.91 Å². The van der Waals surface area contributed by atoms with Crippen LogP contribution in [0.1, 0.15) is 62.0 Å². The van der Waals surface area contributed by atoms with Gasteiger partial charge in [0.05, 0.1) is 17.7 Å². The van der Waals surface area contributed by atoms with E-state index in [-0.39, 0.29) is 42.6 Å². The van der Waals surface area contributed by atoms with Crippen molar-refractivity contribution in [3.05, 3.63) is 52.4 Å². The molecule has 4 rings (SSSR count). The average Bonchev–Trinajstić information content (AvgIpc) is 3.11. The van der Waals surface area contributed by atoms with Gasteiger partial charge in [-0.05, 0) is 50.9 Å². The van der Waals surface area contributed by atoms with Gasteiger partial charge in [-0.1, -0.05) is 30.7 Å². The maximum absolute atomic E-state index is 13.7. The second-order valence-corrected chi connectivity index (χ2v) is 10.0. The molecule has 2 aliphatic rings. The van der Waals surface area contributed by atoms with Crippen molar-refractivity contribution in [3.63, 3.8) is 0 Å². The topological polar surface area (TPSA) is 72.8 Å². The molecular weight excluding hydrogens is 509 g/mol. The summed E-state index contributed by atoms with van der Waals surface area (Å²) in [6.07, 6.45) is 1.72. The van der Waals surface area contributed by atoms with E-state index < -0.39 is 6.10 Å². The number of fused-ring (bicyclic) bond motifs is 1. The minimum absolute atomic E-state index is 0. The summed E-state index contributed by atoms with van der Waals surface area (Å²) < 4.78 is 0. The molecule has 2 aromatic rings. The molecule has 0 saturated carbocycles. The normalized spacial score (nSPS) is 20.3. The summed E-state index contributed by atoms with van der Waals surface area (Å²) in [5.74, 6) is 1.05. The van der Waals surface area contributed by atoms with Crippen LogP contribution in [0.2, 0.25) is 5.02 Å². The number of likely N-dealkylation sites (N-methyl/N-ethyl adjacent to an activating group) is 1. The number of hydrogen-bond donors (Lipinski definition) is 1. The van der Waals surface area contributed by atoms with E-state index >= 15 is 0 Å². The molecule has 194 valence electrons. The van der Waals surface area contributed by atoms with Crippen molar-refractivity contribution >= 4 is 48.1 Å². The lowest BCUT2D eigenvalue weighted by Crippen LogP contribution is -2.51. The number of nitrogens with zero attached hydrogens (tertiary/aromatic N) is 5. The Hall–Kier alpha value is -1.64. The second-order valence-electron chi connectivity index (χ2n) is 9.60. The van der Waals surface area contributed by atoms with Crippen LogP contribution in [0.4, 0.5) is 5.82 Å². The third-order valence-corrected chi connectivity index (χ3v) is 7.34. The molecule has 1 amide bonds. The number of aliphatic hydroxyl groups is 1. The minimum atomic E-state index is -0.516. The fraction of sp³-hybridized carbons (Fsp3) is 0.560. The molecule has 1 fully saturated rings. The lowest BCUT2D eigenvalue weighted by Gasteiger charge is -2.38. The summed E-state index contributed by atoms with van der Waals surface area (Å²) in [5, 5.41) is 11.0. The fourth-order valence-electron chi connectivity index (χ4n) is 4.83. The van der Waals surface area contributed by atoms with Crippen molar-refractivity contribution in [2.45, 2.75) is 51.2 Å². The Labute approximate surface area is 225 Å². The van der Waals surface area contributed by atoms with E-state index in [1.807, 2.05) is 29.2 Å². The summed E-state index contributed by atoms with van der Waals surface area (Å²) in [5.41, 5.74) is 2.81. The first-order valence-electron chi connectivity index (χ1n) is 11.8. The van der Waals surface area contributed by atoms with E-state index in [2.05, 4.69) is 47.6 Å². The van der Waals surface area contributed by atoms with Crippen molar-refractivity contribution < 1.29 is 9.90 Å². The Morgan fingerprint density at radius 1 is 1.14 bits per heavy atom. The highest BCUT2D eigenvalue weighted by Gasteiger charge is 2.35. The summed E-state index contributed by atoms with van der Waals surface area (Å²) in [6.45, 7) is 9.77. The van der Waals surface area contributed by atoms with E-state index in [0.717, 1.165) is 22.6 Å². The average molecular weight is 545 g/mol. The van der Waals surface area contributed by atoms with Crippen LogP contribution in [-0.4, -0.2) is 76.6 Å². The number of carbonyl (C=O) groups is 1. The van der Waals surface area contributed by atoms with Gasteiger partial charge in [0.1, 0.15) is 12.1 Å². The molecule has 1 aromatic carbocycles. The van der Waals surface area contributed by atoms with Gasteiger partial charge in [0, 0.05) is 49.4 Å². The summed E-state index contributed by atoms with van der Waals surface area (Å²) in [7, 11) is 2.06. The lowest BCUT2D eigenvalue weighted by molar-refractivity contribution is -0.133. The van der Waals surface area contributed by atoms with Gasteiger partial charge < -0.3 is 19.8 Å². The highest BCUT2D eigenvalue weighted by Crippen LogP contribution is 2.42. The minimum Gasteiger partial charge on any atom is -0.387 e. The van der Waals surface area contributed by atoms with Gasteiger partial charge in [-0.15, -0.1) is 24.8 Å². The van der Waals surface area contributed by atoms with Crippen LogP contribution in [0.25, 0.3) is 0 Å². The van der Waals surface area contributed by atoms with Gasteiger partial charge in [0.25, 0.3) is 0 Å². The Balaban J connectivity index is 0.00000216. The molecule has 2 heterocycles. The molecule has 1 aliphatic carbocycles. The van der Waals surface area contributed by atoms with Crippen LogP contribution in [0.5, 0.6) is 0 Å². The highest BCUT2D eigenvalue weighted by atomic mass is 35.5. The second kappa shape index (κ2) is 12.5. The molecule has 0 radical (unpaired) electrons. The standard InChI is InChI=1S/C25H34ClN5O2.2ClH/c1-16(2)29(4)14-20(18-5-7-19(26)8-6-18)25(33)31-11-9-30(10-12-31)24-22-17(3)13-21(32)23(22)27-15-28-24;;/h5-8,15-17,20-21,32H,9-14H2,1-4H3;2*1H/t17-,20-,21-;;/m1../s1. The van der Waals surface area contributed by atoms with Crippen LogP contribution < -0.4 is 4.90 Å². The maximum Gasteiger partial charge on any atom is 0.231 e. The molecule has 1 saturated heterocycles. The predicted molar refractivity (Wildman–Crippen MR) is 145 cm³/mol. The third-order valence-electron chi connectivity index (χ3n) is 7.09. The SMILES string of the molecule is CC(C)N(C)C[C@@H](C(=O)N1CCN(c2ncnc3c2[C@H](C)C[C@H]3O)CC1)c1ccc(Cl)cc1.Cl.Cl. The Kier molecular flexibility index (Phi) is 10.6. The molecule has 7 nitrogen and oxygen atoms in total. The van der Waals surface area contributed by atoms with Crippen LogP contribution in [0, 0.1) is 0 Å². The molecule has 1 aliphatic heterocycles. The van der Waals surface area contributed by atoms with Crippen molar-refractivity contribution in [1.82, 2.24) is 19.8 Å². The number of benzene rings is 1. The Morgan fingerprint density at radius 2 is 1.77 bits per heavy atom. The molecular formula is C25H36Cl3N5O2. The molecule has 0 spiro atoms. The highest BCUT2D eigenvalue weighted by molar-refractivity contribution is 6.30. The van der Waals surface area contributed by atoms with Gasteiger partial charge in [-0.2, -0.15) is 0 Å². The van der Waals surface area contributed by atoms with Gasteiger partial charge in [0.15, 0.2) is 0 Å². The summed E-state index contributed by atoms with van der Waals surface area (Å²) in [4.78, 5) is 29.0. The largest absolute Gasteiger partial charge is 0.387 e. The van der Waals surface area contributed by atoms with Gasteiger partial charge in [-0.3, -0.25) is 4.79 Å². The molecule has 1 N–H and O–H groups in total. The van der Waals surface area contributed by atoms with Gasteiger partial charge in [-0.25, -0.2) is 9.97 Å². The van der Waals surface area contributed by atoms with Crippen LogP contribution in [0.3, 0.4) is 0 Å². The van der Waals surface area contributed by atoms with Crippen LogP contribution in [-0.2, 0) is 4.79 Å². The Morgan fingerprint density at radius 3 is 2.37 bits per heavy atom. The number of hydrogen-bond acceptors (Lipinski definition) is 6. The van der Waals surface area contributed by atoms with E-state index in [9.17, 15) is 9.90 Å². The number of halogens is 3. The molecule has 1 aromatic heterocycles. The number of aromatic nitrogens is 2. The third kappa shape index (κ3) is 6.38. The number of anilines is 1. The molecule has 35 heavy (non-hydrogen) atoms. The van der Waals surface area contributed by atoms with Gasteiger partial charge >= 0.3 is 0 Å². The summed E-state index contributed by atoms with van der Waals surface area (Å²) in [6, 6.07) is 7.99. The molecule has 0 unspecified atom stereocenters. The predicted octanol–water partition coefficient (Wildman–Crippen LogP) is 4.29. The number of amides is 1. The van der Waals surface area contributed by atoms with Crippen LogP contribution in [0.15, 0.2) is 30.6 Å². The quantitative estimate of drug-likeness (QED) is 0.585. The maximum atomic E-state index is 13.7. The first-order chi connectivity index (χ1) is 15.8. The zero-order valence-electron chi connectivity index (χ0n) is 20.7. The monoisotopic (exact) mass is 543 g/mol. The van der Waals surface area contributed by atoms with Crippen molar-refractivity contribution in [2.75, 3.05) is 44.7 Å².